The summed E-state index contributed by atoms with van der Waals surface area (Å²) < 4.78 is 25.5. The molecule has 0 radical (unpaired) electrons. The van der Waals surface area contributed by atoms with E-state index in [0.29, 0.717) is 16.9 Å². The average molecular weight is 391 g/mol. The molecule has 0 unspecified atom stereocenters. The monoisotopic (exact) mass is 391 g/mol. The van der Waals surface area contributed by atoms with Crippen LogP contribution in [0, 0.1) is 5.82 Å². The van der Waals surface area contributed by atoms with Crippen LogP contribution in [0.1, 0.15) is 21.5 Å². The molecule has 0 atom stereocenters. The van der Waals surface area contributed by atoms with Gasteiger partial charge < -0.3 is 9.26 Å². The summed E-state index contributed by atoms with van der Waals surface area (Å²) in [7, 11) is 1.83. The number of nitrogens with zero attached hydrogens (tertiary/aromatic N) is 3. The number of aryl methyl sites for hydroxylation is 1. The van der Waals surface area contributed by atoms with Crippen molar-refractivity contribution >= 4 is 5.78 Å². The molecule has 146 valence electrons. The second-order valence-corrected chi connectivity index (χ2v) is 6.66. The summed E-state index contributed by atoms with van der Waals surface area (Å²) in [5.41, 5.74) is 3.71. The maximum Gasteiger partial charge on any atom is 0.171 e. The van der Waals surface area contributed by atoms with E-state index in [1.54, 1.807) is 35.1 Å². The molecule has 0 bridgehead atoms. The number of rotatable bonds is 7. The van der Waals surface area contributed by atoms with Crippen molar-refractivity contribution in [3.8, 4) is 16.9 Å². The summed E-state index contributed by atoms with van der Waals surface area (Å²) in [6.07, 6.45) is 6.72. The smallest absolute Gasteiger partial charge is 0.171 e. The summed E-state index contributed by atoms with van der Waals surface area (Å²) in [5.74, 6) is 0.0376. The molecule has 0 saturated carbocycles. The maximum atomic E-state index is 13.1. The minimum absolute atomic E-state index is 0.118. The van der Waals surface area contributed by atoms with Crippen LogP contribution in [0.25, 0.3) is 11.1 Å². The second-order valence-electron chi connectivity index (χ2n) is 6.66. The highest BCUT2D eigenvalue weighted by atomic mass is 19.1. The molecular weight excluding hydrogens is 373 g/mol. The Balaban J connectivity index is 1.63. The number of carbonyl (C=O) groups is 1. The van der Waals surface area contributed by atoms with Crippen molar-refractivity contribution in [1.29, 1.82) is 0 Å². The number of carbonyl (C=O) groups excluding carboxylic acids is 1. The molecule has 6 nitrogen and oxygen atoms in total. The van der Waals surface area contributed by atoms with Gasteiger partial charge in [0.1, 0.15) is 24.4 Å². The molecular formula is C22H18FN3O3. The van der Waals surface area contributed by atoms with Gasteiger partial charge in [-0.05, 0) is 35.4 Å². The van der Waals surface area contributed by atoms with Gasteiger partial charge in [0.15, 0.2) is 5.78 Å². The first-order valence-corrected chi connectivity index (χ1v) is 9.00. The fourth-order valence-electron chi connectivity index (χ4n) is 2.96. The van der Waals surface area contributed by atoms with Gasteiger partial charge in [0, 0.05) is 30.8 Å². The lowest BCUT2D eigenvalue weighted by molar-refractivity contribution is 0.0988. The molecule has 0 saturated heterocycles. The Morgan fingerprint density at radius 1 is 1.10 bits per heavy atom. The van der Waals surface area contributed by atoms with Crippen LogP contribution >= 0.6 is 0 Å². The van der Waals surface area contributed by atoms with Crippen molar-refractivity contribution in [3.05, 3.63) is 89.8 Å². The number of aromatic nitrogens is 3. The average Bonchev–Trinajstić information content (AvgIpc) is 3.39. The van der Waals surface area contributed by atoms with Gasteiger partial charge in [-0.1, -0.05) is 23.4 Å². The minimum atomic E-state index is -0.306. The predicted molar refractivity (Wildman–Crippen MR) is 104 cm³/mol. The third-order valence-electron chi connectivity index (χ3n) is 4.47. The molecule has 0 N–H and O–H groups in total. The molecule has 4 aromatic rings. The van der Waals surface area contributed by atoms with Crippen molar-refractivity contribution in [2.45, 2.75) is 13.0 Å². The highest BCUT2D eigenvalue weighted by molar-refractivity contribution is 6.01. The Labute approximate surface area is 166 Å². The number of benzene rings is 2. The first-order chi connectivity index (χ1) is 14.1. The molecule has 0 fully saturated rings. The highest BCUT2D eigenvalue weighted by Crippen LogP contribution is 2.28. The Kier molecular flexibility index (Phi) is 5.20. The Hall–Kier alpha value is -3.74. The van der Waals surface area contributed by atoms with E-state index in [4.69, 9.17) is 9.26 Å². The van der Waals surface area contributed by atoms with E-state index in [0.717, 1.165) is 16.7 Å². The molecule has 7 heteroatoms. The number of Topliss-reactive ketones (excluding diaryl/α,β-unsaturated/α-hetero) is 1. The second kappa shape index (κ2) is 8.10. The van der Waals surface area contributed by atoms with Gasteiger partial charge in [-0.25, -0.2) is 4.39 Å². The first kappa shape index (κ1) is 18.6. The summed E-state index contributed by atoms with van der Waals surface area (Å²) in [5, 5.41) is 7.83. The molecule has 2 aromatic heterocycles. The van der Waals surface area contributed by atoms with Crippen LogP contribution in [0.2, 0.25) is 0 Å². The normalized spacial score (nSPS) is 10.8. The van der Waals surface area contributed by atoms with Crippen molar-refractivity contribution < 1.29 is 18.4 Å². The van der Waals surface area contributed by atoms with Crippen LogP contribution in [0.3, 0.4) is 0 Å². The van der Waals surface area contributed by atoms with Crippen LogP contribution < -0.4 is 4.74 Å². The lowest BCUT2D eigenvalue weighted by Crippen LogP contribution is -2.07. The third kappa shape index (κ3) is 4.40. The van der Waals surface area contributed by atoms with Gasteiger partial charge in [-0.2, -0.15) is 5.10 Å². The molecule has 0 spiro atoms. The Morgan fingerprint density at radius 2 is 1.93 bits per heavy atom. The molecule has 0 amide bonds. The standard InChI is InChI=1S/C22H18FN3O3/c1-26-12-18(11-24-26)17-4-7-22(28-13-15-2-5-19(23)6-3-15)20(9-17)21(27)8-16-10-25-29-14-16/h2-7,9-12,14H,8,13H2,1H3. The van der Waals surface area contributed by atoms with E-state index in [2.05, 4.69) is 10.3 Å². The van der Waals surface area contributed by atoms with E-state index < -0.39 is 0 Å². The van der Waals surface area contributed by atoms with Gasteiger partial charge in [0.25, 0.3) is 0 Å². The maximum absolute atomic E-state index is 13.1. The lowest BCUT2D eigenvalue weighted by atomic mass is 9.99. The van der Waals surface area contributed by atoms with Crippen LogP contribution in [0.4, 0.5) is 4.39 Å². The zero-order chi connectivity index (χ0) is 20.2. The molecule has 29 heavy (non-hydrogen) atoms. The van der Waals surface area contributed by atoms with Gasteiger partial charge in [-0.15, -0.1) is 0 Å². The number of hydrogen-bond acceptors (Lipinski definition) is 5. The van der Waals surface area contributed by atoms with Gasteiger partial charge >= 0.3 is 0 Å². The van der Waals surface area contributed by atoms with Crippen molar-refractivity contribution in [2.75, 3.05) is 0 Å². The first-order valence-electron chi connectivity index (χ1n) is 9.00. The molecule has 0 aliphatic rings. The fraction of sp³-hybridized carbons (Fsp3) is 0.136. The van der Waals surface area contributed by atoms with Crippen LogP contribution in [0.15, 0.2) is 71.8 Å². The predicted octanol–water partition coefficient (Wildman–Crippen LogP) is 4.22. The summed E-state index contributed by atoms with van der Waals surface area (Å²) >= 11 is 0. The summed E-state index contributed by atoms with van der Waals surface area (Å²) in [6, 6.07) is 11.5. The summed E-state index contributed by atoms with van der Waals surface area (Å²) in [6.45, 7) is 0.222. The largest absolute Gasteiger partial charge is 0.488 e. The molecule has 0 aliphatic carbocycles. The van der Waals surface area contributed by atoms with E-state index >= 15 is 0 Å². The van der Waals surface area contributed by atoms with Crippen LogP contribution in [-0.2, 0) is 20.1 Å². The van der Waals surface area contributed by atoms with Gasteiger partial charge in [-0.3, -0.25) is 9.48 Å². The molecule has 2 heterocycles. The highest BCUT2D eigenvalue weighted by Gasteiger charge is 2.16. The van der Waals surface area contributed by atoms with E-state index in [1.165, 1.54) is 24.6 Å². The molecule has 2 aromatic carbocycles. The Bertz CT molecular complexity index is 1120. The van der Waals surface area contributed by atoms with E-state index in [-0.39, 0.29) is 24.6 Å². The fourth-order valence-corrected chi connectivity index (χ4v) is 2.96. The van der Waals surface area contributed by atoms with Crippen molar-refractivity contribution in [3.63, 3.8) is 0 Å². The lowest BCUT2D eigenvalue weighted by Gasteiger charge is -2.12. The van der Waals surface area contributed by atoms with Gasteiger partial charge in [0.05, 0.1) is 18.0 Å². The topological polar surface area (TPSA) is 70.2 Å². The van der Waals surface area contributed by atoms with Crippen molar-refractivity contribution in [2.24, 2.45) is 7.05 Å². The zero-order valence-electron chi connectivity index (χ0n) is 15.7. The van der Waals surface area contributed by atoms with Gasteiger partial charge in [0.2, 0.25) is 0 Å². The van der Waals surface area contributed by atoms with Crippen LogP contribution in [0.5, 0.6) is 5.75 Å². The molecule has 4 rings (SSSR count). The third-order valence-corrected chi connectivity index (χ3v) is 4.47. The van der Waals surface area contributed by atoms with E-state index in [1.807, 2.05) is 19.3 Å². The zero-order valence-corrected chi connectivity index (χ0v) is 15.7. The van der Waals surface area contributed by atoms with Crippen molar-refractivity contribution in [1.82, 2.24) is 14.9 Å². The van der Waals surface area contributed by atoms with E-state index in [9.17, 15) is 9.18 Å². The minimum Gasteiger partial charge on any atom is -0.488 e. The number of ketones is 1. The quantitative estimate of drug-likeness (QED) is 0.441. The number of halogens is 1. The SMILES string of the molecule is Cn1cc(-c2ccc(OCc3ccc(F)cc3)c(C(=O)Cc3cnoc3)c2)cn1. The number of hydrogen-bond donors (Lipinski definition) is 0. The molecule has 0 aliphatic heterocycles. The number of ether oxygens (including phenoxy) is 1. The Morgan fingerprint density at radius 3 is 2.62 bits per heavy atom. The van der Waals surface area contributed by atoms with Crippen LogP contribution in [-0.4, -0.2) is 20.7 Å². The summed E-state index contributed by atoms with van der Waals surface area (Å²) in [4.78, 5) is 13.0.